The van der Waals surface area contributed by atoms with Crippen molar-refractivity contribution in [1.82, 2.24) is 4.90 Å². The second-order valence-electron chi connectivity index (χ2n) is 9.77. The van der Waals surface area contributed by atoms with E-state index in [-0.39, 0.29) is 24.1 Å². The van der Waals surface area contributed by atoms with E-state index in [1.807, 2.05) is 4.90 Å². The van der Waals surface area contributed by atoms with Gasteiger partial charge in [0, 0.05) is 31.5 Å². The van der Waals surface area contributed by atoms with Gasteiger partial charge < -0.3 is 9.80 Å². The average molecular weight is 467 g/mol. The van der Waals surface area contributed by atoms with E-state index in [2.05, 4.69) is 47.4 Å². The Morgan fingerprint density at radius 3 is 2.42 bits per heavy atom. The molecule has 1 fully saturated rings. The predicted molar refractivity (Wildman–Crippen MR) is 136 cm³/mol. The first-order valence-corrected chi connectivity index (χ1v) is 12.4. The number of ketones is 1. The molecule has 0 aliphatic carbocycles. The fourth-order valence-corrected chi connectivity index (χ4v) is 5.72. The molecule has 0 bridgehead atoms. The number of carbonyl (C=O) groups excluding carboxylic acids is 2. The maximum Gasteiger partial charge on any atom is 0.227 e. The van der Waals surface area contributed by atoms with E-state index in [9.17, 15) is 9.59 Å². The highest BCUT2D eigenvalue weighted by Gasteiger charge is 2.30. The van der Waals surface area contributed by atoms with E-state index >= 15 is 0 Å². The first kappa shape index (κ1) is 24.0. The second kappa shape index (κ2) is 10.8. The van der Waals surface area contributed by atoms with Gasteiger partial charge in [-0.05, 0) is 92.8 Å². The number of amides is 1. The standard InChI is InChI=1S/C28H34N2O2.ClH/c31-26(25-19-23-7-4-15-30-27(32)11-9-24(20-25)28(23)30)10-8-22-13-17-29(18-14-22)16-12-21-5-2-1-3-6-21;/h1-3,5-6,19-20,22H,4,7-18H2;1H. The highest BCUT2D eigenvalue weighted by atomic mass is 35.5. The molecule has 3 heterocycles. The van der Waals surface area contributed by atoms with E-state index in [4.69, 9.17) is 0 Å². The zero-order valence-electron chi connectivity index (χ0n) is 19.4. The smallest absolute Gasteiger partial charge is 0.227 e. The maximum atomic E-state index is 13.0. The van der Waals surface area contributed by atoms with E-state index in [0.29, 0.717) is 18.8 Å². The van der Waals surface area contributed by atoms with Crippen molar-refractivity contribution in [1.29, 1.82) is 0 Å². The number of carbonyl (C=O) groups is 2. The van der Waals surface area contributed by atoms with E-state index < -0.39 is 0 Å². The van der Waals surface area contributed by atoms with Crippen LogP contribution in [0.4, 0.5) is 5.69 Å². The molecule has 0 unspecified atom stereocenters. The number of likely N-dealkylation sites (tertiary alicyclic amines) is 1. The number of nitrogens with zero attached hydrogens (tertiary/aromatic N) is 2. The van der Waals surface area contributed by atoms with Crippen LogP contribution in [-0.2, 0) is 24.1 Å². The Morgan fingerprint density at radius 1 is 0.939 bits per heavy atom. The van der Waals surface area contributed by atoms with Crippen molar-refractivity contribution in [3.8, 4) is 0 Å². The molecule has 0 N–H and O–H groups in total. The molecule has 5 rings (SSSR count). The number of anilines is 1. The van der Waals surface area contributed by atoms with Crippen LogP contribution in [0.2, 0.25) is 0 Å². The molecule has 3 aliphatic rings. The lowest BCUT2D eigenvalue weighted by Crippen LogP contribution is -2.39. The average Bonchev–Trinajstić information content (AvgIpc) is 2.84. The van der Waals surface area contributed by atoms with Crippen LogP contribution in [0.5, 0.6) is 0 Å². The molecule has 1 saturated heterocycles. The zero-order valence-corrected chi connectivity index (χ0v) is 20.2. The molecule has 5 heteroatoms. The van der Waals surface area contributed by atoms with Crippen molar-refractivity contribution < 1.29 is 9.59 Å². The van der Waals surface area contributed by atoms with Gasteiger partial charge in [0.1, 0.15) is 0 Å². The molecule has 176 valence electrons. The topological polar surface area (TPSA) is 40.6 Å². The van der Waals surface area contributed by atoms with Crippen molar-refractivity contribution >= 4 is 29.8 Å². The van der Waals surface area contributed by atoms with Gasteiger partial charge in [0.2, 0.25) is 5.91 Å². The number of hydrogen-bond donors (Lipinski definition) is 0. The molecular formula is C28H35ClN2O2. The highest BCUT2D eigenvalue weighted by Crippen LogP contribution is 2.37. The molecule has 0 saturated carbocycles. The maximum absolute atomic E-state index is 13.0. The van der Waals surface area contributed by atoms with E-state index in [0.717, 1.165) is 69.5 Å². The van der Waals surface area contributed by atoms with Gasteiger partial charge in [-0.15, -0.1) is 12.4 Å². The molecule has 0 spiro atoms. The summed E-state index contributed by atoms with van der Waals surface area (Å²) in [5.41, 5.74) is 5.81. The van der Waals surface area contributed by atoms with Crippen molar-refractivity contribution in [3.63, 3.8) is 0 Å². The third-order valence-corrected chi connectivity index (χ3v) is 7.64. The number of piperidine rings is 1. The minimum Gasteiger partial charge on any atom is -0.312 e. The number of Topliss-reactive ketones (excluding diaryl/α,β-unsaturated/α-hetero) is 1. The van der Waals surface area contributed by atoms with Gasteiger partial charge in [-0.25, -0.2) is 0 Å². The van der Waals surface area contributed by atoms with Crippen LogP contribution in [0, 0.1) is 5.92 Å². The van der Waals surface area contributed by atoms with Crippen LogP contribution < -0.4 is 4.90 Å². The first-order valence-electron chi connectivity index (χ1n) is 12.4. The van der Waals surface area contributed by atoms with Gasteiger partial charge in [0.05, 0.1) is 5.69 Å². The van der Waals surface area contributed by atoms with Crippen molar-refractivity contribution in [2.75, 3.05) is 31.1 Å². The third kappa shape index (κ3) is 5.50. The summed E-state index contributed by atoms with van der Waals surface area (Å²) in [6, 6.07) is 14.9. The molecular weight excluding hydrogens is 432 g/mol. The molecule has 0 atom stereocenters. The fourth-order valence-electron chi connectivity index (χ4n) is 5.72. The summed E-state index contributed by atoms with van der Waals surface area (Å²) in [6.45, 7) is 4.26. The van der Waals surface area contributed by atoms with Crippen LogP contribution in [0.3, 0.4) is 0 Å². The van der Waals surface area contributed by atoms with Gasteiger partial charge in [-0.1, -0.05) is 30.3 Å². The predicted octanol–water partition coefficient (Wildman–Crippen LogP) is 5.25. The summed E-state index contributed by atoms with van der Waals surface area (Å²) in [6.07, 6.45) is 8.51. The molecule has 2 aromatic carbocycles. The highest BCUT2D eigenvalue weighted by molar-refractivity contribution is 6.01. The quantitative estimate of drug-likeness (QED) is 0.523. The molecule has 33 heavy (non-hydrogen) atoms. The Morgan fingerprint density at radius 2 is 1.67 bits per heavy atom. The van der Waals surface area contributed by atoms with E-state index in [1.165, 1.54) is 29.5 Å². The summed E-state index contributed by atoms with van der Waals surface area (Å²) >= 11 is 0. The minimum absolute atomic E-state index is 0. The third-order valence-electron chi connectivity index (χ3n) is 7.64. The SMILES string of the molecule is Cl.O=C(CCC1CCN(CCc2ccccc2)CC1)c1cc2c3c(c1)CCC(=O)N3CCC2. The second-order valence-corrected chi connectivity index (χ2v) is 9.77. The number of rotatable bonds is 7. The minimum atomic E-state index is 0. The molecule has 3 aliphatic heterocycles. The Balaban J connectivity index is 0.00000259. The van der Waals surface area contributed by atoms with Gasteiger partial charge in [0.15, 0.2) is 5.78 Å². The van der Waals surface area contributed by atoms with Crippen LogP contribution in [0.15, 0.2) is 42.5 Å². The van der Waals surface area contributed by atoms with Gasteiger partial charge in [-0.2, -0.15) is 0 Å². The monoisotopic (exact) mass is 466 g/mol. The van der Waals surface area contributed by atoms with E-state index in [1.54, 1.807) is 0 Å². The van der Waals surface area contributed by atoms with Crippen LogP contribution in [-0.4, -0.2) is 42.8 Å². The lowest BCUT2D eigenvalue weighted by Gasteiger charge is -2.35. The number of aryl methyl sites for hydroxylation is 2. The lowest BCUT2D eigenvalue weighted by molar-refractivity contribution is -0.119. The first-order chi connectivity index (χ1) is 15.7. The lowest BCUT2D eigenvalue weighted by atomic mass is 9.87. The number of hydrogen-bond acceptors (Lipinski definition) is 3. The van der Waals surface area contributed by atoms with Crippen LogP contribution >= 0.6 is 12.4 Å². The zero-order chi connectivity index (χ0) is 21.9. The summed E-state index contributed by atoms with van der Waals surface area (Å²) in [5, 5.41) is 0. The van der Waals surface area contributed by atoms with Crippen LogP contribution in [0.1, 0.15) is 65.6 Å². The summed E-state index contributed by atoms with van der Waals surface area (Å²) < 4.78 is 0. The van der Waals surface area contributed by atoms with Gasteiger partial charge in [0.25, 0.3) is 0 Å². The summed E-state index contributed by atoms with van der Waals surface area (Å²) in [7, 11) is 0. The Bertz CT molecular complexity index is 966. The molecule has 4 nitrogen and oxygen atoms in total. The normalized spacial score (nSPS) is 18.5. The van der Waals surface area contributed by atoms with Crippen LogP contribution in [0.25, 0.3) is 0 Å². The largest absolute Gasteiger partial charge is 0.312 e. The number of benzene rings is 2. The Hall–Kier alpha value is -2.17. The molecule has 1 amide bonds. The molecule has 2 aromatic rings. The Kier molecular flexibility index (Phi) is 7.87. The van der Waals surface area contributed by atoms with Crippen molar-refractivity contribution in [2.45, 2.75) is 57.8 Å². The van der Waals surface area contributed by atoms with Gasteiger partial charge >= 0.3 is 0 Å². The summed E-state index contributed by atoms with van der Waals surface area (Å²) in [5.74, 6) is 1.19. The van der Waals surface area contributed by atoms with Crippen molar-refractivity contribution in [3.05, 3.63) is 64.7 Å². The Labute approximate surface area is 203 Å². The molecule has 0 radical (unpaired) electrons. The van der Waals surface area contributed by atoms with Crippen molar-refractivity contribution in [2.24, 2.45) is 5.92 Å². The molecule has 0 aromatic heterocycles. The summed E-state index contributed by atoms with van der Waals surface area (Å²) in [4.78, 5) is 29.8. The fraction of sp³-hybridized carbons (Fsp3) is 0.500. The number of halogens is 1. The van der Waals surface area contributed by atoms with Gasteiger partial charge in [-0.3, -0.25) is 9.59 Å².